The van der Waals surface area contributed by atoms with Gasteiger partial charge in [0.1, 0.15) is 6.04 Å². The molecule has 9 N–H and O–H groups in total. The second kappa shape index (κ2) is 13.0. The van der Waals surface area contributed by atoms with Crippen LogP contribution < -0.4 is 27.4 Å². The normalized spacial score (nSPS) is 14.3. The fourth-order valence-electron chi connectivity index (χ4n) is 2.67. The van der Waals surface area contributed by atoms with E-state index in [2.05, 4.69) is 16.0 Å². The molecule has 0 aliphatic carbocycles. The van der Waals surface area contributed by atoms with E-state index in [-0.39, 0.29) is 19.3 Å². The number of benzene rings is 1. The van der Waals surface area contributed by atoms with Gasteiger partial charge >= 0.3 is 5.97 Å². The molecule has 1 aromatic rings. The predicted molar refractivity (Wildman–Crippen MR) is 113 cm³/mol. The minimum Gasteiger partial charge on any atom is -0.480 e. The molecule has 0 bridgehead atoms. The highest BCUT2D eigenvalue weighted by molar-refractivity contribution is 5.92. The quantitative estimate of drug-likeness (QED) is 0.168. The van der Waals surface area contributed by atoms with Crippen LogP contribution in [0.2, 0.25) is 0 Å². The highest BCUT2D eigenvalue weighted by atomic mass is 16.4. The third-order valence-electron chi connectivity index (χ3n) is 4.44. The number of nitrogens with two attached hydrogens (primary N) is 2. The van der Waals surface area contributed by atoms with Crippen LogP contribution in [0.15, 0.2) is 30.3 Å². The first kappa shape index (κ1) is 26.5. The first-order valence-electron chi connectivity index (χ1n) is 9.87. The zero-order valence-electron chi connectivity index (χ0n) is 17.6. The van der Waals surface area contributed by atoms with Gasteiger partial charge in [0.2, 0.25) is 23.6 Å². The number of amides is 4. The number of carboxylic acid groups (broad SMARTS) is 1. The third kappa shape index (κ3) is 9.53. The maximum Gasteiger partial charge on any atom is 0.328 e. The van der Waals surface area contributed by atoms with Crippen LogP contribution in [-0.4, -0.2) is 70.6 Å². The van der Waals surface area contributed by atoms with Gasteiger partial charge in [0.05, 0.1) is 18.7 Å². The molecule has 12 nitrogen and oxygen atoms in total. The van der Waals surface area contributed by atoms with Gasteiger partial charge < -0.3 is 37.6 Å². The molecule has 4 unspecified atom stereocenters. The number of aliphatic carboxylic acids is 1. The number of rotatable bonds is 13. The van der Waals surface area contributed by atoms with Gasteiger partial charge in [0, 0.05) is 12.8 Å². The van der Waals surface area contributed by atoms with E-state index < -0.39 is 60.4 Å². The standard InChI is InChI=1S/C20H29N5O7/c1-11(26)17(20(31)32)25-19(30)14(9-12-5-3-2-4-6-12)24-16(28)10-23-18(29)13(21)7-8-15(22)27/h2-6,11,13-14,17,26H,7-10,21H2,1H3,(H2,22,27)(H,23,29)(H,24,28)(H,25,30)(H,31,32). The third-order valence-corrected chi connectivity index (χ3v) is 4.44. The molecule has 0 saturated carbocycles. The number of nitrogens with one attached hydrogen (secondary N) is 3. The Balaban J connectivity index is 2.79. The maximum atomic E-state index is 12.6. The Hall–Kier alpha value is -3.51. The molecule has 176 valence electrons. The Morgan fingerprint density at radius 1 is 1.03 bits per heavy atom. The average Bonchev–Trinajstić information content (AvgIpc) is 2.73. The summed E-state index contributed by atoms with van der Waals surface area (Å²) in [4.78, 5) is 58.9. The predicted octanol–water partition coefficient (Wildman–Crippen LogP) is -2.63. The Morgan fingerprint density at radius 2 is 1.66 bits per heavy atom. The number of carboxylic acids is 1. The van der Waals surface area contributed by atoms with Crippen molar-refractivity contribution in [2.24, 2.45) is 11.5 Å². The summed E-state index contributed by atoms with van der Waals surface area (Å²) in [6.07, 6.45) is -1.41. The number of aliphatic hydroxyl groups excluding tert-OH is 1. The minimum absolute atomic E-state index is 0.0117. The van der Waals surface area contributed by atoms with Crippen molar-refractivity contribution < 1.29 is 34.2 Å². The number of hydrogen-bond donors (Lipinski definition) is 7. The molecule has 0 fully saturated rings. The molecule has 1 aromatic carbocycles. The van der Waals surface area contributed by atoms with E-state index in [1.807, 2.05) is 0 Å². The minimum atomic E-state index is -1.57. The summed E-state index contributed by atoms with van der Waals surface area (Å²) in [5.41, 5.74) is 11.3. The molecule has 0 spiro atoms. The van der Waals surface area contributed by atoms with Crippen molar-refractivity contribution in [1.82, 2.24) is 16.0 Å². The summed E-state index contributed by atoms with van der Waals surface area (Å²) in [5, 5.41) is 25.7. The fourth-order valence-corrected chi connectivity index (χ4v) is 2.67. The Bertz CT molecular complexity index is 816. The van der Waals surface area contributed by atoms with E-state index in [0.717, 1.165) is 0 Å². The SMILES string of the molecule is CC(O)C(NC(=O)C(Cc1ccccc1)NC(=O)CNC(=O)C(N)CCC(N)=O)C(=O)O. The summed E-state index contributed by atoms with van der Waals surface area (Å²) in [7, 11) is 0. The molecule has 32 heavy (non-hydrogen) atoms. The Labute approximate surface area is 184 Å². The second-order valence-electron chi connectivity index (χ2n) is 7.20. The van der Waals surface area contributed by atoms with Gasteiger partial charge in [-0.3, -0.25) is 19.2 Å². The lowest BCUT2D eigenvalue weighted by Gasteiger charge is -2.23. The van der Waals surface area contributed by atoms with Gasteiger partial charge in [-0.05, 0) is 18.9 Å². The number of carbonyl (C=O) groups is 5. The lowest BCUT2D eigenvalue weighted by molar-refractivity contribution is -0.145. The van der Waals surface area contributed by atoms with Crippen molar-refractivity contribution in [3.63, 3.8) is 0 Å². The van der Waals surface area contributed by atoms with Crippen LogP contribution in [0.4, 0.5) is 0 Å². The van der Waals surface area contributed by atoms with Crippen molar-refractivity contribution in [1.29, 1.82) is 0 Å². The van der Waals surface area contributed by atoms with E-state index in [1.165, 1.54) is 6.92 Å². The monoisotopic (exact) mass is 451 g/mol. The maximum absolute atomic E-state index is 12.6. The number of aliphatic hydroxyl groups is 1. The van der Waals surface area contributed by atoms with Crippen LogP contribution in [0.25, 0.3) is 0 Å². The summed E-state index contributed by atoms with van der Waals surface area (Å²) in [6, 6.07) is 4.88. The molecule has 1 rings (SSSR count). The van der Waals surface area contributed by atoms with E-state index in [9.17, 15) is 34.2 Å². The van der Waals surface area contributed by atoms with Crippen molar-refractivity contribution in [2.45, 2.75) is 50.4 Å². The number of carbonyl (C=O) groups excluding carboxylic acids is 4. The van der Waals surface area contributed by atoms with Crippen LogP contribution in [0, 0.1) is 0 Å². The molecular weight excluding hydrogens is 422 g/mol. The summed E-state index contributed by atoms with van der Waals surface area (Å²) in [6.45, 7) is 0.710. The molecule has 4 atom stereocenters. The van der Waals surface area contributed by atoms with Crippen molar-refractivity contribution >= 4 is 29.6 Å². The second-order valence-corrected chi connectivity index (χ2v) is 7.20. The fraction of sp³-hybridized carbons (Fsp3) is 0.450. The van der Waals surface area contributed by atoms with Crippen LogP contribution in [0.1, 0.15) is 25.3 Å². The first-order valence-corrected chi connectivity index (χ1v) is 9.87. The molecule has 0 aliphatic rings. The van der Waals surface area contributed by atoms with Crippen LogP contribution in [0.5, 0.6) is 0 Å². The Morgan fingerprint density at radius 3 is 2.19 bits per heavy atom. The van der Waals surface area contributed by atoms with E-state index in [1.54, 1.807) is 30.3 Å². The van der Waals surface area contributed by atoms with E-state index >= 15 is 0 Å². The first-order chi connectivity index (χ1) is 15.0. The lowest BCUT2D eigenvalue weighted by atomic mass is 10.0. The number of hydrogen-bond acceptors (Lipinski definition) is 7. The van der Waals surface area contributed by atoms with Crippen molar-refractivity contribution in [3.05, 3.63) is 35.9 Å². The largest absolute Gasteiger partial charge is 0.480 e. The van der Waals surface area contributed by atoms with E-state index in [0.29, 0.717) is 5.56 Å². The molecule has 0 aliphatic heterocycles. The van der Waals surface area contributed by atoms with Gasteiger partial charge in [0.15, 0.2) is 6.04 Å². The van der Waals surface area contributed by atoms with Gasteiger partial charge in [-0.25, -0.2) is 4.79 Å². The summed E-state index contributed by atoms with van der Waals surface area (Å²) < 4.78 is 0. The smallest absolute Gasteiger partial charge is 0.328 e. The van der Waals surface area contributed by atoms with Gasteiger partial charge in [-0.15, -0.1) is 0 Å². The van der Waals surface area contributed by atoms with Crippen LogP contribution in [0.3, 0.4) is 0 Å². The molecule has 0 heterocycles. The van der Waals surface area contributed by atoms with Crippen LogP contribution in [-0.2, 0) is 30.4 Å². The lowest BCUT2D eigenvalue weighted by Crippen LogP contribution is -2.56. The Kier molecular flexibility index (Phi) is 10.8. The van der Waals surface area contributed by atoms with E-state index in [4.69, 9.17) is 11.5 Å². The molecule has 0 aromatic heterocycles. The van der Waals surface area contributed by atoms with Gasteiger partial charge in [-0.1, -0.05) is 30.3 Å². The molecular formula is C20H29N5O7. The summed E-state index contributed by atoms with van der Waals surface area (Å²) in [5.74, 6) is -4.26. The van der Waals surface area contributed by atoms with Gasteiger partial charge in [0.25, 0.3) is 0 Å². The zero-order valence-corrected chi connectivity index (χ0v) is 17.6. The van der Waals surface area contributed by atoms with Crippen LogP contribution >= 0.6 is 0 Å². The van der Waals surface area contributed by atoms with Crippen molar-refractivity contribution in [2.75, 3.05) is 6.54 Å². The molecule has 0 radical (unpaired) electrons. The molecule has 4 amide bonds. The van der Waals surface area contributed by atoms with Crippen molar-refractivity contribution in [3.8, 4) is 0 Å². The zero-order chi connectivity index (χ0) is 24.3. The summed E-state index contributed by atoms with van der Waals surface area (Å²) >= 11 is 0. The molecule has 12 heteroatoms. The number of primary amides is 1. The highest BCUT2D eigenvalue weighted by Crippen LogP contribution is 2.05. The van der Waals surface area contributed by atoms with Gasteiger partial charge in [-0.2, -0.15) is 0 Å². The topological polar surface area (TPSA) is 214 Å². The average molecular weight is 451 g/mol. The molecule has 0 saturated heterocycles. The highest BCUT2D eigenvalue weighted by Gasteiger charge is 2.29.